The van der Waals surface area contributed by atoms with E-state index in [9.17, 15) is 23.2 Å². The molecule has 0 radical (unpaired) electrons. The molecule has 51 heavy (non-hydrogen) atoms. The smallest absolute Gasteiger partial charge is 0.304 e. The van der Waals surface area contributed by atoms with Crippen molar-refractivity contribution in [3.05, 3.63) is 122 Å². The SMILES string of the molecule is Cc1ccc(Cn2nc(C(O)CCCCCC(O)c3nn(Cc4ccc(C)cc4)c4c3Cc3cc(S(=O)(=O)O)sc3-4)c3c2-c2sccc2C3)cc1. The average molecular weight is 741 g/mol. The molecule has 0 fully saturated rings. The van der Waals surface area contributed by atoms with E-state index >= 15 is 0 Å². The van der Waals surface area contributed by atoms with Crippen LogP contribution in [0.1, 0.15) is 100 Å². The average Bonchev–Trinajstić information content (AvgIpc) is 3.92. The second-order valence-electron chi connectivity index (χ2n) is 13.9. The summed E-state index contributed by atoms with van der Waals surface area (Å²) in [6.07, 6.45) is 3.32. The maximum absolute atomic E-state index is 11.9. The van der Waals surface area contributed by atoms with Crippen LogP contribution in [0.15, 0.2) is 70.3 Å². The van der Waals surface area contributed by atoms with Gasteiger partial charge >= 0.3 is 10.1 Å². The fraction of sp³-hybridized carbons (Fsp3) is 0.333. The van der Waals surface area contributed by atoms with Crippen molar-refractivity contribution in [3.8, 4) is 21.1 Å². The molecule has 2 atom stereocenters. The molecule has 0 bridgehead atoms. The summed E-state index contributed by atoms with van der Waals surface area (Å²) in [6.45, 7) is 5.25. The third-order valence-corrected chi connectivity index (χ3v) is 13.6. The quantitative estimate of drug-likeness (QED) is 0.0806. The number of aromatic nitrogens is 4. The lowest BCUT2D eigenvalue weighted by atomic mass is 10.0. The van der Waals surface area contributed by atoms with Crippen LogP contribution in [0.2, 0.25) is 0 Å². The molecule has 0 aliphatic heterocycles. The molecule has 0 amide bonds. The van der Waals surface area contributed by atoms with Gasteiger partial charge in [0.25, 0.3) is 0 Å². The minimum Gasteiger partial charge on any atom is -0.387 e. The first-order valence-corrected chi connectivity index (χ1v) is 20.5. The number of hydrogen-bond donors (Lipinski definition) is 3. The lowest BCUT2D eigenvalue weighted by molar-refractivity contribution is 0.148. The maximum atomic E-state index is 11.9. The third kappa shape index (κ3) is 6.65. The first-order valence-electron chi connectivity index (χ1n) is 17.4. The van der Waals surface area contributed by atoms with E-state index in [1.807, 2.05) is 35.9 Å². The predicted molar refractivity (Wildman–Crippen MR) is 200 cm³/mol. The van der Waals surface area contributed by atoms with Crippen LogP contribution in [-0.4, -0.2) is 42.7 Å². The van der Waals surface area contributed by atoms with Gasteiger partial charge in [0.1, 0.15) is 4.21 Å². The Hall–Kier alpha value is -3.91. The molecule has 2 aliphatic rings. The van der Waals surface area contributed by atoms with Gasteiger partial charge in [-0.25, -0.2) is 0 Å². The van der Waals surface area contributed by atoms with E-state index in [1.54, 1.807) is 11.3 Å². The normalized spacial score (nSPS) is 14.4. The molecule has 6 aromatic rings. The van der Waals surface area contributed by atoms with E-state index in [0.29, 0.717) is 38.0 Å². The van der Waals surface area contributed by atoms with E-state index in [4.69, 9.17) is 10.2 Å². The summed E-state index contributed by atoms with van der Waals surface area (Å²) in [6, 6.07) is 20.4. The van der Waals surface area contributed by atoms with Crippen LogP contribution in [-0.2, 0) is 36.0 Å². The van der Waals surface area contributed by atoms with Crippen LogP contribution in [0.5, 0.6) is 0 Å². The molecule has 0 saturated carbocycles. The van der Waals surface area contributed by atoms with E-state index in [0.717, 1.165) is 86.8 Å². The van der Waals surface area contributed by atoms with Gasteiger partial charge in [-0.05, 0) is 66.5 Å². The van der Waals surface area contributed by atoms with Crippen LogP contribution >= 0.6 is 22.7 Å². The van der Waals surface area contributed by atoms with Crippen molar-refractivity contribution >= 4 is 32.8 Å². The van der Waals surface area contributed by atoms with Crippen molar-refractivity contribution in [2.45, 2.75) is 88.3 Å². The van der Waals surface area contributed by atoms with Gasteiger partial charge in [0.05, 0.1) is 57.8 Å². The summed E-state index contributed by atoms with van der Waals surface area (Å²) in [5, 5.41) is 34.8. The van der Waals surface area contributed by atoms with Crippen LogP contribution < -0.4 is 0 Å². The van der Waals surface area contributed by atoms with Gasteiger partial charge < -0.3 is 10.2 Å². The van der Waals surface area contributed by atoms with Crippen molar-refractivity contribution in [2.75, 3.05) is 0 Å². The summed E-state index contributed by atoms with van der Waals surface area (Å²) >= 11 is 2.78. The molecule has 2 unspecified atom stereocenters. The lowest BCUT2D eigenvalue weighted by Crippen LogP contribution is -2.07. The summed E-state index contributed by atoms with van der Waals surface area (Å²) in [4.78, 5) is 2.02. The van der Waals surface area contributed by atoms with E-state index in [2.05, 4.69) is 47.3 Å². The largest absolute Gasteiger partial charge is 0.387 e. The number of aliphatic hydroxyl groups excluding tert-OH is 2. The fourth-order valence-corrected chi connectivity index (χ4v) is 10.4. The van der Waals surface area contributed by atoms with Gasteiger partial charge in [0.15, 0.2) is 0 Å². The highest BCUT2D eigenvalue weighted by Crippen LogP contribution is 2.47. The maximum Gasteiger partial charge on any atom is 0.304 e. The van der Waals surface area contributed by atoms with Crippen molar-refractivity contribution in [2.24, 2.45) is 0 Å². The number of aryl methyl sites for hydroxylation is 2. The van der Waals surface area contributed by atoms with Gasteiger partial charge in [0, 0.05) is 24.0 Å². The number of fused-ring (bicyclic) bond motifs is 6. The van der Waals surface area contributed by atoms with Crippen LogP contribution in [0.4, 0.5) is 0 Å². The molecule has 4 aromatic heterocycles. The molecule has 12 heteroatoms. The molecule has 9 nitrogen and oxygen atoms in total. The zero-order valence-electron chi connectivity index (χ0n) is 28.5. The number of unbranched alkanes of at least 4 members (excludes halogenated alkanes) is 2. The highest BCUT2D eigenvalue weighted by atomic mass is 32.3. The Balaban J connectivity index is 0.936. The van der Waals surface area contributed by atoms with Gasteiger partial charge in [-0.2, -0.15) is 18.6 Å². The fourth-order valence-electron chi connectivity index (χ4n) is 7.44. The van der Waals surface area contributed by atoms with Crippen LogP contribution in [0.25, 0.3) is 21.1 Å². The molecule has 4 heterocycles. The minimum absolute atomic E-state index is 0.0791. The Labute approximate surface area is 305 Å². The summed E-state index contributed by atoms with van der Waals surface area (Å²) < 4.78 is 37.4. The zero-order valence-corrected chi connectivity index (χ0v) is 31.0. The summed E-state index contributed by atoms with van der Waals surface area (Å²) in [7, 11) is -4.32. The predicted octanol–water partition coefficient (Wildman–Crippen LogP) is 8.02. The molecule has 3 N–H and O–H groups in total. The highest BCUT2D eigenvalue weighted by Gasteiger charge is 2.34. The summed E-state index contributed by atoms with van der Waals surface area (Å²) in [5.74, 6) is 0. The Bertz CT molecular complexity index is 2330. The van der Waals surface area contributed by atoms with Crippen molar-refractivity contribution in [3.63, 3.8) is 0 Å². The van der Waals surface area contributed by atoms with Crippen molar-refractivity contribution in [1.82, 2.24) is 19.6 Å². The molecular formula is C39H40N4O5S3. The van der Waals surface area contributed by atoms with E-state index < -0.39 is 22.3 Å². The van der Waals surface area contributed by atoms with Crippen molar-refractivity contribution in [1.29, 1.82) is 0 Å². The van der Waals surface area contributed by atoms with Gasteiger partial charge in [-0.1, -0.05) is 78.9 Å². The monoisotopic (exact) mass is 740 g/mol. The van der Waals surface area contributed by atoms with Crippen molar-refractivity contribution < 1.29 is 23.2 Å². The zero-order chi connectivity index (χ0) is 35.4. The molecule has 0 spiro atoms. The van der Waals surface area contributed by atoms with Gasteiger partial charge in [0.2, 0.25) is 0 Å². The Morgan fingerprint density at radius 2 is 1.24 bits per heavy atom. The van der Waals surface area contributed by atoms with Gasteiger partial charge in [-0.3, -0.25) is 13.9 Å². The molecular weight excluding hydrogens is 701 g/mol. The summed E-state index contributed by atoms with van der Waals surface area (Å²) in [5.41, 5.74) is 12.1. The number of aliphatic hydroxyl groups is 2. The molecule has 2 aromatic carbocycles. The van der Waals surface area contributed by atoms with E-state index in [1.165, 1.54) is 27.6 Å². The minimum atomic E-state index is -4.32. The molecule has 0 saturated heterocycles. The molecule has 2 aliphatic carbocycles. The van der Waals surface area contributed by atoms with E-state index in [-0.39, 0.29) is 4.21 Å². The lowest BCUT2D eigenvalue weighted by Gasteiger charge is -2.12. The standard InChI is InChI=1S/C39H40N4O5S3/c1-23-8-12-25(13-9-23)21-42-36-29(18-27-16-17-49-38(27)36)34(40-42)31(44)6-4-3-5-7-32(45)35-30-19-28-20-33(51(46,47)48)50-39(28)37(30)43(41-35)22-26-14-10-24(2)11-15-26/h8-17,20,31-32,44-45H,3-7,18-19,21-22H2,1-2H3,(H,46,47,48). The third-order valence-electron chi connectivity index (χ3n) is 10.1. The second-order valence-corrected chi connectivity index (χ2v) is 17.5. The number of thiophene rings is 2. The Morgan fingerprint density at radius 1 is 0.725 bits per heavy atom. The molecule has 8 rings (SSSR count). The number of rotatable bonds is 13. The topological polar surface area (TPSA) is 130 Å². The number of benzene rings is 2. The Kier molecular flexibility index (Phi) is 9.10. The number of nitrogens with zero attached hydrogens (tertiary/aromatic N) is 4. The highest BCUT2D eigenvalue weighted by molar-refractivity contribution is 7.88. The van der Waals surface area contributed by atoms with Crippen LogP contribution in [0.3, 0.4) is 0 Å². The number of hydrogen-bond acceptors (Lipinski definition) is 8. The first-order chi connectivity index (χ1) is 24.5. The van der Waals surface area contributed by atoms with Crippen LogP contribution in [0, 0.1) is 13.8 Å². The van der Waals surface area contributed by atoms with Gasteiger partial charge in [-0.15, -0.1) is 22.7 Å². The molecule has 264 valence electrons. The first kappa shape index (κ1) is 34.2. The second kappa shape index (κ2) is 13.6. The Morgan fingerprint density at radius 3 is 1.76 bits per heavy atom.